The van der Waals surface area contributed by atoms with Crippen LogP contribution in [0.2, 0.25) is 5.28 Å². The van der Waals surface area contributed by atoms with Crippen LogP contribution in [0.3, 0.4) is 0 Å². The Kier molecular flexibility index (Phi) is 5.21. The summed E-state index contributed by atoms with van der Waals surface area (Å²) in [4.78, 5) is 12.1. The minimum absolute atomic E-state index is 0.153. The van der Waals surface area contributed by atoms with Gasteiger partial charge < -0.3 is 5.32 Å². The van der Waals surface area contributed by atoms with Crippen LogP contribution in [-0.2, 0) is 0 Å². The quantitative estimate of drug-likeness (QED) is 0.828. The molecule has 1 heterocycles. The summed E-state index contributed by atoms with van der Waals surface area (Å²) < 4.78 is 1.70. The van der Waals surface area contributed by atoms with E-state index in [2.05, 4.69) is 20.3 Å². The van der Waals surface area contributed by atoms with Crippen molar-refractivity contribution in [3.63, 3.8) is 0 Å². The van der Waals surface area contributed by atoms with Gasteiger partial charge in [0.15, 0.2) is 0 Å². The lowest BCUT2D eigenvalue weighted by Gasteiger charge is -2.15. The van der Waals surface area contributed by atoms with E-state index in [4.69, 9.17) is 22.3 Å². The Morgan fingerprint density at radius 2 is 2.07 bits per heavy atom. The molecule has 1 rings (SSSR count). The first-order valence-corrected chi connectivity index (χ1v) is 6.40. The number of hydrogen-bond acceptors (Lipinski definition) is 6. The van der Waals surface area contributed by atoms with Crippen LogP contribution < -0.4 is 9.62 Å². The molecule has 15 heavy (non-hydrogen) atoms. The minimum atomic E-state index is 0.153. The van der Waals surface area contributed by atoms with Gasteiger partial charge in [-0.25, -0.2) is 0 Å². The first-order valence-electron chi connectivity index (χ1n) is 4.43. The summed E-state index contributed by atoms with van der Waals surface area (Å²) in [6, 6.07) is 0. The Hall–Kier alpha value is -0.460. The molecule has 0 bridgehead atoms. The number of aromatic nitrogens is 3. The summed E-state index contributed by atoms with van der Waals surface area (Å²) in [5.41, 5.74) is 0. The van der Waals surface area contributed by atoms with Crippen molar-refractivity contribution in [1.29, 1.82) is 0 Å². The Labute approximate surface area is 102 Å². The van der Waals surface area contributed by atoms with Crippen molar-refractivity contribution in [2.24, 2.45) is 0 Å². The predicted octanol–water partition coefficient (Wildman–Crippen LogP) is 2.59. The highest BCUT2D eigenvalue weighted by Crippen LogP contribution is 2.22. The number of halogens is 2. The molecule has 1 aromatic heterocycles. The number of nitrogens with one attached hydrogen (secondary N) is 1. The minimum Gasteiger partial charge on any atom is -0.354 e. The molecular weight excluding hydrogens is 257 g/mol. The molecule has 0 saturated heterocycles. The number of nitrogens with zero attached hydrogens (tertiary/aromatic N) is 4. The van der Waals surface area contributed by atoms with Gasteiger partial charge in [0.1, 0.15) is 0 Å². The zero-order valence-electron chi connectivity index (χ0n) is 8.37. The fourth-order valence-corrected chi connectivity index (χ4v) is 1.78. The fourth-order valence-electron chi connectivity index (χ4n) is 0.909. The standard InChI is InChI=1S/C7H11Cl2N5S/c1-3-10-6-11-5(8)12-7(13-6)14(4-2)15-9/h3-4H2,1-2H3,(H,10,11,12,13). The summed E-state index contributed by atoms with van der Waals surface area (Å²) in [6.45, 7) is 5.30. The van der Waals surface area contributed by atoms with Crippen molar-refractivity contribution in [1.82, 2.24) is 15.0 Å². The maximum absolute atomic E-state index is 5.76. The van der Waals surface area contributed by atoms with Crippen LogP contribution in [-0.4, -0.2) is 28.0 Å². The predicted molar refractivity (Wildman–Crippen MR) is 65.5 cm³/mol. The van der Waals surface area contributed by atoms with Gasteiger partial charge in [-0.1, -0.05) is 0 Å². The maximum atomic E-state index is 5.76. The smallest absolute Gasteiger partial charge is 0.242 e. The average molecular weight is 268 g/mol. The third kappa shape index (κ3) is 3.55. The van der Waals surface area contributed by atoms with Crippen LogP contribution in [0.15, 0.2) is 0 Å². The molecule has 1 N–H and O–H groups in total. The van der Waals surface area contributed by atoms with Crippen molar-refractivity contribution in [3.8, 4) is 0 Å². The lowest BCUT2D eigenvalue weighted by Crippen LogP contribution is -2.16. The fraction of sp³-hybridized carbons (Fsp3) is 0.571. The highest BCUT2D eigenvalue weighted by molar-refractivity contribution is 8.22. The first kappa shape index (κ1) is 12.6. The molecule has 0 radical (unpaired) electrons. The second kappa shape index (κ2) is 6.19. The zero-order valence-corrected chi connectivity index (χ0v) is 10.7. The lowest BCUT2D eigenvalue weighted by molar-refractivity contribution is 0.963. The number of rotatable bonds is 5. The second-order valence-corrected chi connectivity index (χ2v) is 3.85. The molecule has 0 aromatic carbocycles. The van der Waals surface area contributed by atoms with E-state index in [0.717, 1.165) is 17.7 Å². The molecule has 0 aliphatic carbocycles. The van der Waals surface area contributed by atoms with Gasteiger partial charge >= 0.3 is 0 Å². The first-order chi connectivity index (χ1) is 7.21. The summed E-state index contributed by atoms with van der Waals surface area (Å²) >= 11 is 6.79. The lowest BCUT2D eigenvalue weighted by atomic mass is 10.7. The molecule has 0 spiro atoms. The summed E-state index contributed by atoms with van der Waals surface area (Å²) in [5.74, 6) is 0.908. The molecule has 0 saturated carbocycles. The van der Waals surface area contributed by atoms with Crippen LogP contribution in [0.1, 0.15) is 13.8 Å². The van der Waals surface area contributed by atoms with Crippen molar-refractivity contribution in [2.45, 2.75) is 13.8 Å². The van der Waals surface area contributed by atoms with Gasteiger partial charge in [-0.3, -0.25) is 4.31 Å². The molecule has 5 nitrogen and oxygen atoms in total. The Balaban J connectivity index is 2.96. The van der Waals surface area contributed by atoms with Crippen LogP contribution in [0.25, 0.3) is 0 Å². The topological polar surface area (TPSA) is 53.9 Å². The van der Waals surface area contributed by atoms with Gasteiger partial charge in [-0.15, -0.1) is 0 Å². The van der Waals surface area contributed by atoms with E-state index in [-0.39, 0.29) is 5.28 Å². The van der Waals surface area contributed by atoms with Crippen molar-refractivity contribution < 1.29 is 0 Å². The summed E-state index contributed by atoms with van der Waals surface area (Å²) in [7, 11) is 5.66. The van der Waals surface area contributed by atoms with Gasteiger partial charge in [-0.2, -0.15) is 15.0 Å². The summed E-state index contributed by atoms with van der Waals surface area (Å²) in [6.07, 6.45) is 0. The molecule has 1 aromatic rings. The van der Waals surface area contributed by atoms with Crippen LogP contribution in [0.4, 0.5) is 11.9 Å². The van der Waals surface area contributed by atoms with E-state index in [1.54, 1.807) is 4.31 Å². The Bertz CT molecular complexity index is 320. The van der Waals surface area contributed by atoms with E-state index >= 15 is 0 Å². The number of hydrogen-bond donors (Lipinski definition) is 1. The van der Waals surface area contributed by atoms with Gasteiger partial charge in [0.05, 0.1) is 11.2 Å². The molecule has 0 aliphatic heterocycles. The third-order valence-corrected chi connectivity index (χ3v) is 2.78. The molecule has 0 aliphatic rings. The maximum Gasteiger partial charge on any atom is 0.242 e. The Morgan fingerprint density at radius 3 is 2.60 bits per heavy atom. The van der Waals surface area contributed by atoms with Crippen molar-refractivity contribution in [3.05, 3.63) is 5.28 Å². The third-order valence-electron chi connectivity index (χ3n) is 1.52. The van der Waals surface area contributed by atoms with E-state index < -0.39 is 0 Å². The second-order valence-electron chi connectivity index (χ2n) is 2.52. The van der Waals surface area contributed by atoms with Gasteiger partial charge in [0, 0.05) is 13.1 Å². The zero-order chi connectivity index (χ0) is 11.3. The molecule has 0 amide bonds. The van der Waals surface area contributed by atoms with Crippen LogP contribution >= 0.6 is 33.4 Å². The van der Waals surface area contributed by atoms with E-state index in [1.807, 2.05) is 13.8 Å². The van der Waals surface area contributed by atoms with E-state index in [9.17, 15) is 0 Å². The largest absolute Gasteiger partial charge is 0.354 e. The molecular formula is C7H11Cl2N5S. The van der Waals surface area contributed by atoms with Gasteiger partial charge in [0.25, 0.3) is 0 Å². The Morgan fingerprint density at radius 1 is 1.33 bits per heavy atom. The highest BCUT2D eigenvalue weighted by Gasteiger charge is 2.10. The van der Waals surface area contributed by atoms with Crippen molar-refractivity contribution in [2.75, 3.05) is 22.7 Å². The SMILES string of the molecule is CCNc1nc(Cl)nc(N(CC)SCl)n1. The molecule has 0 atom stereocenters. The molecule has 0 fully saturated rings. The van der Waals surface area contributed by atoms with E-state index in [0.29, 0.717) is 18.4 Å². The highest BCUT2D eigenvalue weighted by atomic mass is 35.7. The number of anilines is 2. The molecule has 84 valence electrons. The van der Waals surface area contributed by atoms with Crippen LogP contribution in [0, 0.1) is 0 Å². The monoisotopic (exact) mass is 267 g/mol. The molecule has 8 heteroatoms. The van der Waals surface area contributed by atoms with Crippen LogP contribution in [0.5, 0.6) is 0 Å². The normalized spacial score (nSPS) is 10.1. The van der Waals surface area contributed by atoms with E-state index in [1.165, 1.54) is 0 Å². The van der Waals surface area contributed by atoms with Crippen molar-refractivity contribution >= 4 is 45.3 Å². The molecule has 0 unspecified atom stereocenters. The van der Waals surface area contributed by atoms with Gasteiger partial charge in [-0.05, 0) is 36.1 Å². The van der Waals surface area contributed by atoms with Gasteiger partial charge in [0.2, 0.25) is 17.2 Å². The average Bonchev–Trinajstić information content (AvgIpc) is 2.19. The summed E-state index contributed by atoms with van der Waals surface area (Å²) in [5, 5.41) is 3.12.